The number of nitrogens with one attached hydrogen (secondary N) is 1. The third-order valence-corrected chi connectivity index (χ3v) is 6.43. The van der Waals surface area contributed by atoms with Gasteiger partial charge < -0.3 is 30.2 Å². The number of esters is 2. The molecule has 0 spiro atoms. The first-order valence-corrected chi connectivity index (χ1v) is 13.1. The predicted octanol–water partition coefficient (Wildman–Crippen LogP) is 1.21. The topological polar surface area (TPSA) is 191 Å². The average Bonchev–Trinajstić information content (AvgIpc) is 3.06. The van der Waals surface area contributed by atoms with Crippen LogP contribution in [0.5, 0.6) is 0 Å². The molecule has 4 N–H and O–H groups in total. The van der Waals surface area contributed by atoms with Crippen molar-refractivity contribution in [1.82, 2.24) is 14.9 Å². The van der Waals surface area contributed by atoms with Gasteiger partial charge in [0.2, 0.25) is 6.79 Å². The number of halogens is 1. The number of nitrogens with zero attached hydrogens (tertiary/aromatic N) is 2. The van der Waals surface area contributed by atoms with E-state index in [1.54, 1.807) is 0 Å². The van der Waals surface area contributed by atoms with Crippen molar-refractivity contribution in [2.24, 2.45) is 5.92 Å². The van der Waals surface area contributed by atoms with Crippen molar-refractivity contribution in [3.63, 3.8) is 0 Å². The summed E-state index contributed by atoms with van der Waals surface area (Å²) in [5.74, 6) is -2.69. The van der Waals surface area contributed by atoms with Crippen LogP contribution >= 0.6 is 7.82 Å². The molecule has 0 aliphatic carbocycles. The van der Waals surface area contributed by atoms with Crippen molar-refractivity contribution in [2.45, 2.75) is 57.7 Å². The first kappa shape index (κ1) is 31.5. The van der Waals surface area contributed by atoms with E-state index < -0.39 is 69.4 Å². The lowest BCUT2D eigenvalue weighted by atomic mass is 9.88. The Morgan fingerprint density at radius 3 is 2.66 bits per heavy atom. The minimum absolute atomic E-state index is 0.0265. The SMILES string of the molecule is C=C[C@]1(F)[C@H](C)[C@@H](COP(=O)(O)OCOC(=O)COC(=O)CCNC(C)(C)C)O[C@H]1n1ccc(N)nc1=O. The summed E-state index contributed by atoms with van der Waals surface area (Å²) in [4.78, 5) is 48.9. The van der Waals surface area contributed by atoms with Crippen LogP contribution in [0.2, 0.25) is 0 Å². The summed E-state index contributed by atoms with van der Waals surface area (Å²) >= 11 is 0. The van der Waals surface area contributed by atoms with Crippen molar-refractivity contribution in [2.75, 3.05) is 32.3 Å². The highest BCUT2D eigenvalue weighted by Crippen LogP contribution is 2.49. The van der Waals surface area contributed by atoms with E-state index in [1.165, 1.54) is 19.2 Å². The Balaban J connectivity index is 1.81. The molecule has 1 aromatic heterocycles. The molecule has 38 heavy (non-hydrogen) atoms. The fourth-order valence-electron chi connectivity index (χ4n) is 3.41. The van der Waals surface area contributed by atoms with Crippen molar-refractivity contribution in [3.05, 3.63) is 35.4 Å². The van der Waals surface area contributed by atoms with E-state index in [0.29, 0.717) is 6.54 Å². The number of nitrogens with two attached hydrogens (primary N) is 1. The number of phosphoric acid groups is 1. The molecule has 214 valence electrons. The van der Waals surface area contributed by atoms with Crippen LogP contribution in [0.4, 0.5) is 10.2 Å². The molecule has 2 rings (SSSR count). The van der Waals surface area contributed by atoms with Crippen LogP contribution < -0.4 is 16.7 Å². The van der Waals surface area contributed by atoms with Crippen LogP contribution in [-0.4, -0.2) is 70.2 Å². The molecule has 1 saturated heterocycles. The van der Waals surface area contributed by atoms with Gasteiger partial charge in [0.15, 0.2) is 18.5 Å². The zero-order chi connectivity index (χ0) is 28.7. The Morgan fingerprint density at radius 1 is 1.37 bits per heavy atom. The lowest BCUT2D eigenvalue weighted by Crippen LogP contribution is -2.39. The van der Waals surface area contributed by atoms with E-state index in [1.807, 2.05) is 20.8 Å². The number of carbonyl (C=O) groups is 2. The molecule has 14 nitrogen and oxygen atoms in total. The number of anilines is 1. The molecule has 16 heteroatoms. The summed E-state index contributed by atoms with van der Waals surface area (Å²) in [5.41, 5.74) is 2.16. The smallest absolute Gasteiger partial charge is 0.454 e. The average molecular weight is 565 g/mol. The Bertz CT molecular complexity index is 1110. The molecule has 0 aromatic carbocycles. The fraction of sp³-hybridized carbons (Fsp3) is 0.636. The monoisotopic (exact) mass is 564 g/mol. The van der Waals surface area contributed by atoms with E-state index in [2.05, 4.69) is 26.1 Å². The normalized spacial score (nSPS) is 24.9. The van der Waals surface area contributed by atoms with Crippen LogP contribution in [0.15, 0.2) is 29.7 Å². The second kappa shape index (κ2) is 12.9. The number of rotatable bonds is 13. The third-order valence-electron chi connectivity index (χ3n) is 5.53. The van der Waals surface area contributed by atoms with Crippen molar-refractivity contribution in [3.8, 4) is 0 Å². The van der Waals surface area contributed by atoms with Gasteiger partial charge in [-0.2, -0.15) is 4.98 Å². The molecule has 2 heterocycles. The van der Waals surface area contributed by atoms with Crippen molar-refractivity contribution in [1.29, 1.82) is 0 Å². The Kier molecular flexibility index (Phi) is 10.7. The Morgan fingerprint density at radius 2 is 2.05 bits per heavy atom. The van der Waals surface area contributed by atoms with Crippen molar-refractivity contribution < 1.29 is 46.7 Å². The highest BCUT2D eigenvalue weighted by Gasteiger charge is 2.55. The molecule has 1 aliphatic heterocycles. The van der Waals surface area contributed by atoms with Gasteiger partial charge in [0.05, 0.1) is 19.1 Å². The molecule has 1 fully saturated rings. The Labute approximate surface area is 218 Å². The minimum Gasteiger partial charge on any atom is -0.454 e. The third kappa shape index (κ3) is 8.96. The maximum Gasteiger partial charge on any atom is 0.475 e. The van der Waals surface area contributed by atoms with Gasteiger partial charge in [-0.05, 0) is 32.9 Å². The fourth-order valence-corrected chi connectivity index (χ4v) is 4.00. The highest BCUT2D eigenvalue weighted by atomic mass is 31.2. The minimum atomic E-state index is -4.77. The number of nitrogen functional groups attached to an aromatic ring is 1. The molecule has 0 amide bonds. The number of alkyl halides is 1. The molecule has 0 bridgehead atoms. The van der Waals surface area contributed by atoms with Gasteiger partial charge in [-0.3, -0.25) is 13.9 Å². The van der Waals surface area contributed by atoms with Crippen LogP contribution in [0.25, 0.3) is 0 Å². The van der Waals surface area contributed by atoms with E-state index in [4.69, 9.17) is 19.7 Å². The van der Waals surface area contributed by atoms with Gasteiger partial charge in [0.1, 0.15) is 5.82 Å². The quantitative estimate of drug-likeness (QED) is 0.134. The van der Waals surface area contributed by atoms with Crippen LogP contribution in [0.1, 0.15) is 40.3 Å². The summed E-state index contributed by atoms with van der Waals surface area (Å²) in [5, 5.41) is 3.08. The van der Waals surface area contributed by atoms with Gasteiger partial charge in [-0.15, -0.1) is 0 Å². The molecule has 5 atom stereocenters. The second-order valence-corrected chi connectivity index (χ2v) is 11.0. The first-order chi connectivity index (χ1) is 17.6. The van der Waals surface area contributed by atoms with Crippen LogP contribution in [-0.2, 0) is 37.4 Å². The van der Waals surface area contributed by atoms with Gasteiger partial charge in [-0.1, -0.05) is 13.5 Å². The number of hydrogen-bond donors (Lipinski definition) is 3. The number of ether oxygens (including phenoxy) is 3. The predicted molar refractivity (Wildman–Crippen MR) is 131 cm³/mol. The van der Waals surface area contributed by atoms with Crippen LogP contribution in [0.3, 0.4) is 0 Å². The standard InChI is InChI=1S/C22H34FN4O10P/c1-6-22(23)14(2)15(37-19(22)27-10-8-16(24)26-20(27)30)11-35-38(31,32)36-13-34-18(29)12-33-17(28)7-9-25-21(3,4)5/h6,8,10,14-15,19,25H,1,7,9,11-13H2,2-5H3,(H,31,32)(H2,24,26,30)/t14-,15-,19-,22+/m1/s1. The van der Waals surface area contributed by atoms with Gasteiger partial charge in [0.25, 0.3) is 0 Å². The first-order valence-electron chi connectivity index (χ1n) is 11.6. The van der Waals surface area contributed by atoms with E-state index >= 15 is 4.39 Å². The summed E-state index contributed by atoms with van der Waals surface area (Å²) in [7, 11) is -4.77. The number of hydrogen-bond acceptors (Lipinski definition) is 12. The molecule has 1 unspecified atom stereocenters. The van der Waals surface area contributed by atoms with Crippen LogP contribution in [0, 0.1) is 5.92 Å². The Hall–Kier alpha value is -2.68. The summed E-state index contributed by atoms with van der Waals surface area (Å²) in [6, 6.07) is 1.28. The summed E-state index contributed by atoms with van der Waals surface area (Å²) in [6.07, 6.45) is -0.397. The maximum absolute atomic E-state index is 15.7. The molecular formula is C22H34FN4O10P. The summed E-state index contributed by atoms with van der Waals surface area (Å²) < 4.78 is 53.2. The van der Waals surface area contributed by atoms with Gasteiger partial charge in [-0.25, -0.2) is 23.1 Å². The van der Waals surface area contributed by atoms with Gasteiger partial charge in [0, 0.05) is 24.2 Å². The van der Waals surface area contributed by atoms with Crippen molar-refractivity contribution >= 4 is 25.6 Å². The van der Waals surface area contributed by atoms with E-state index in [-0.39, 0.29) is 17.8 Å². The van der Waals surface area contributed by atoms with E-state index in [9.17, 15) is 23.8 Å². The zero-order valence-electron chi connectivity index (χ0n) is 21.6. The largest absolute Gasteiger partial charge is 0.475 e. The number of carbonyl (C=O) groups excluding carboxylic acids is 2. The highest BCUT2D eigenvalue weighted by molar-refractivity contribution is 7.47. The maximum atomic E-state index is 15.7. The molecular weight excluding hydrogens is 530 g/mol. The zero-order valence-corrected chi connectivity index (χ0v) is 22.5. The number of aromatic nitrogens is 2. The van der Waals surface area contributed by atoms with E-state index in [0.717, 1.165) is 10.6 Å². The number of phosphoric ester groups is 1. The molecule has 1 aliphatic rings. The molecule has 0 radical (unpaired) electrons. The molecule has 1 aromatic rings. The van der Waals surface area contributed by atoms with Gasteiger partial charge >= 0.3 is 25.5 Å². The lowest BCUT2D eigenvalue weighted by molar-refractivity contribution is -0.163. The molecule has 0 saturated carbocycles. The lowest BCUT2D eigenvalue weighted by Gasteiger charge is -2.26. The second-order valence-electron chi connectivity index (χ2n) is 9.50. The summed E-state index contributed by atoms with van der Waals surface area (Å²) in [6.45, 7) is 8.72.